The Labute approximate surface area is 205 Å². The van der Waals surface area contributed by atoms with E-state index in [2.05, 4.69) is 41.7 Å². The van der Waals surface area contributed by atoms with Crippen LogP contribution >= 0.6 is 0 Å². The van der Waals surface area contributed by atoms with Crippen molar-refractivity contribution in [2.75, 3.05) is 0 Å². The quantitative estimate of drug-likeness (QED) is 0.103. The number of rotatable bonds is 15. The highest BCUT2D eigenvalue weighted by Crippen LogP contribution is 2.54. The van der Waals surface area contributed by atoms with Crippen LogP contribution in [-0.4, -0.2) is 40.8 Å². The van der Waals surface area contributed by atoms with E-state index in [1.165, 1.54) is 77.3 Å². The Bertz CT molecular complexity index is 857. The number of unbranched alkanes of at least 4 members (excludes halogenated alkanes) is 8. The molecule has 0 aromatic carbocycles. The van der Waals surface area contributed by atoms with Gasteiger partial charge in [0.05, 0.1) is 13.1 Å². The van der Waals surface area contributed by atoms with Crippen LogP contribution in [0.2, 0.25) is 0 Å². The van der Waals surface area contributed by atoms with Crippen molar-refractivity contribution < 1.29 is 57.1 Å². The third kappa shape index (κ3) is 9.75. The lowest BCUT2D eigenvalue weighted by molar-refractivity contribution is -0.696. The van der Waals surface area contributed by atoms with Gasteiger partial charge >= 0.3 is 23.3 Å². The second kappa shape index (κ2) is 14.4. The Hall–Kier alpha value is -1.51. The first-order chi connectivity index (χ1) is 16.4. The molecule has 0 aliphatic carbocycles. The van der Waals surface area contributed by atoms with E-state index in [4.69, 9.17) is 0 Å². The Morgan fingerprint density at radius 2 is 1.22 bits per heavy atom. The molecule has 0 aliphatic heterocycles. The van der Waals surface area contributed by atoms with Crippen molar-refractivity contribution >= 4 is 10.1 Å². The third-order valence-electron chi connectivity index (χ3n) is 5.22. The van der Waals surface area contributed by atoms with Crippen LogP contribution in [0.4, 0.5) is 39.5 Å². The fourth-order valence-corrected chi connectivity index (χ4v) is 3.46. The number of alkyl halides is 9. The van der Waals surface area contributed by atoms with Crippen LogP contribution in [0.1, 0.15) is 78.1 Å². The summed E-state index contributed by atoms with van der Waals surface area (Å²) in [6.07, 6.45) is 13.3. The van der Waals surface area contributed by atoms with Crippen molar-refractivity contribution in [2.45, 2.75) is 114 Å². The van der Waals surface area contributed by atoms with E-state index in [0.717, 1.165) is 0 Å². The van der Waals surface area contributed by atoms with Gasteiger partial charge in [0.1, 0.15) is 12.4 Å². The first kappa shape index (κ1) is 34.5. The molecule has 1 aromatic rings. The minimum Gasteiger partial charge on any atom is -0.743 e. The lowest BCUT2D eigenvalue weighted by atomic mass is 10.1. The van der Waals surface area contributed by atoms with Crippen LogP contribution in [-0.2, 0) is 23.2 Å². The Kier molecular flexibility index (Phi) is 13.8. The van der Waals surface area contributed by atoms with Gasteiger partial charge in [-0.3, -0.25) is 0 Å². The van der Waals surface area contributed by atoms with Crippen molar-refractivity contribution in [1.82, 2.24) is 4.57 Å². The minimum atomic E-state index is -7.43. The summed E-state index contributed by atoms with van der Waals surface area (Å²) in [5.41, 5.74) is 0. The molecule has 0 unspecified atom stereocenters. The van der Waals surface area contributed by atoms with Gasteiger partial charge in [0.25, 0.3) is 0 Å². The molecular formula is C21H33F9N2O3S. The smallest absolute Gasteiger partial charge is 0.460 e. The van der Waals surface area contributed by atoms with Crippen molar-refractivity contribution in [2.24, 2.45) is 0 Å². The highest BCUT2D eigenvalue weighted by atomic mass is 32.2. The van der Waals surface area contributed by atoms with E-state index >= 15 is 0 Å². The van der Waals surface area contributed by atoms with Crippen LogP contribution in [0.3, 0.4) is 0 Å². The third-order valence-corrected chi connectivity index (χ3v) is 6.10. The number of imidazole rings is 1. The first-order valence-electron chi connectivity index (χ1n) is 11.6. The molecule has 0 bridgehead atoms. The predicted octanol–water partition coefficient (Wildman–Crippen LogP) is 6.67. The first-order valence-corrected chi connectivity index (χ1v) is 13.0. The van der Waals surface area contributed by atoms with Gasteiger partial charge in [-0.15, -0.1) is 0 Å². The van der Waals surface area contributed by atoms with Crippen LogP contribution in [0, 0.1) is 0 Å². The summed E-state index contributed by atoms with van der Waals surface area (Å²) in [4.78, 5) is 0. The van der Waals surface area contributed by atoms with Crippen LogP contribution in [0.5, 0.6) is 0 Å². The maximum absolute atomic E-state index is 12.2. The summed E-state index contributed by atoms with van der Waals surface area (Å²) in [6.45, 7) is 6.91. The Morgan fingerprint density at radius 3 is 1.69 bits per heavy atom. The number of hydrogen-bond acceptors (Lipinski definition) is 3. The zero-order chi connectivity index (χ0) is 28.3. The van der Waals surface area contributed by atoms with E-state index in [-0.39, 0.29) is 0 Å². The summed E-state index contributed by atoms with van der Waals surface area (Å²) in [6, 6.07) is 0. The van der Waals surface area contributed by atoms with Gasteiger partial charge in [0.2, 0.25) is 6.33 Å². The summed E-state index contributed by atoms with van der Waals surface area (Å²) < 4.78 is 140. The molecule has 0 N–H and O–H groups in total. The van der Waals surface area contributed by atoms with Gasteiger partial charge in [-0.1, -0.05) is 52.4 Å². The standard InChI is InChI=1S/C17H33N2.C4HF9O3S/c1-3-5-7-8-9-10-12-14-19-16-15-18(17-19)13-11-6-4-2;5-1(6,3(9,10)11)2(7,8)4(12,13)17(14,15)16/h15-17H,3-14H2,1-2H3;(H,14,15,16)/q+1;/p-1. The fourth-order valence-electron chi connectivity index (χ4n) is 3.02. The van der Waals surface area contributed by atoms with E-state index in [0.29, 0.717) is 0 Å². The topological polar surface area (TPSA) is 66.0 Å². The molecule has 36 heavy (non-hydrogen) atoms. The van der Waals surface area contributed by atoms with Crippen LogP contribution < -0.4 is 4.57 Å². The maximum atomic E-state index is 12.2. The highest BCUT2D eigenvalue weighted by molar-refractivity contribution is 7.86. The molecule has 214 valence electrons. The Morgan fingerprint density at radius 1 is 0.750 bits per heavy atom. The van der Waals surface area contributed by atoms with Gasteiger partial charge in [0, 0.05) is 0 Å². The molecule has 0 atom stereocenters. The van der Waals surface area contributed by atoms with E-state index in [9.17, 15) is 52.5 Å². The molecule has 15 heteroatoms. The number of aryl methyl sites for hydroxylation is 2. The van der Waals surface area contributed by atoms with Crippen molar-refractivity contribution in [1.29, 1.82) is 0 Å². The van der Waals surface area contributed by atoms with Crippen molar-refractivity contribution in [3.8, 4) is 0 Å². The van der Waals surface area contributed by atoms with E-state index < -0.39 is 33.4 Å². The summed E-state index contributed by atoms with van der Waals surface area (Å²) in [5.74, 6) is -14.8. The largest absolute Gasteiger partial charge is 0.743 e. The molecule has 0 saturated carbocycles. The molecule has 0 spiro atoms. The molecule has 0 fully saturated rings. The van der Waals surface area contributed by atoms with E-state index in [1.807, 2.05) is 0 Å². The molecule has 0 radical (unpaired) electrons. The lowest BCUT2D eigenvalue weighted by Crippen LogP contribution is -2.63. The van der Waals surface area contributed by atoms with Gasteiger partial charge in [-0.05, 0) is 25.7 Å². The number of nitrogens with zero attached hydrogens (tertiary/aromatic N) is 2. The molecule has 0 amide bonds. The maximum Gasteiger partial charge on any atom is 0.460 e. The predicted molar refractivity (Wildman–Crippen MR) is 113 cm³/mol. The molecular weight excluding hydrogens is 531 g/mol. The van der Waals surface area contributed by atoms with Crippen LogP contribution in [0.15, 0.2) is 18.7 Å². The summed E-state index contributed by atoms with van der Waals surface area (Å²) in [5, 5.41) is -7.11. The van der Waals surface area contributed by atoms with Crippen molar-refractivity contribution in [3.63, 3.8) is 0 Å². The SMILES string of the molecule is CCCCCCCCCn1cc[n+](CCCCC)c1.O=S(=O)([O-])C(F)(F)C(F)(F)C(F)(F)C(F)(F)F. The molecule has 1 heterocycles. The average molecular weight is 565 g/mol. The number of hydrogen-bond donors (Lipinski definition) is 0. The minimum absolute atomic E-state index is 1.18. The monoisotopic (exact) mass is 564 g/mol. The molecule has 1 aromatic heterocycles. The van der Waals surface area contributed by atoms with Crippen molar-refractivity contribution in [3.05, 3.63) is 18.7 Å². The van der Waals surface area contributed by atoms with E-state index in [1.54, 1.807) is 0 Å². The zero-order valence-electron chi connectivity index (χ0n) is 20.1. The van der Waals surface area contributed by atoms with Gasteiger partial charge < -0.3 is 4.55 Å². The molecule has 5 nitrogen and oxygen atoms in total. The number of aromatic nitrogens is 2. The van der Waals surface area contributed by atoms with Gasteiger partial charge in [-0.2, -0.15) is 39.5 Å². The number of halogens is 9. The molecule has 0 aliphatic rings. The van der Waals surface area contributed by atoms with Gasteiger partial charge in [0.15, 0.2) is 10.1 Å². The lowest BCUT2D eigenvalue weighted by Gasteiger charge is -2.34. The molecule has 0 saturated heterocycles. The van der Waals surface area contributed by atoms with Gasteiger partial charge in [-0.25, -0.2) is 17.6 Å². The fraction of sp³-hybridized carbons (Fsp3) is 0.857. The summed E-state index contributed by atoms with van der Waals surface area (Å²) in [7, 11) is -7.42. The Balaban J connectivity index is 0.000000686. The van der Waals surface area contributed by atoms with Crippen LogP contribution in [0.25, 0.3) is 0 Å². The second-order valence-corrected chi connectivity index (χ2v) is 9.76. The average Bonchev–Trinajstić information content (AvgIpc) is 3.19. The second-order valence-electron chi connectivity index (χ2n) is 8.34. The zero-order valence-corrected chi connectivity index (χ0v) is 21.0. The highest BCUT2D eigenvalue weighted by Gasteiger charge is 2.83. The normalized spacial score (nSPS) is 13.4. The summed E-state index contributed by atoms with van der Waals surface area (Å²) >= 11 is 0. The molecule has 1 rings (SSSR count).